The smallest absolute Gasteiger partial charge is 0.264 e. The van der Waals surface area contributed by atoms with Gasteiger partial charge >= 0.3 is 0 Å². The number of hydrogen-bond donors (Lipinski definition) is 1. The molecule has 0 fully saturated rings. The Balaban J connectivity index is 2.02. The van der Waals surface area contributed by atoms with E-state index >= 15 is 0 Å². The number of hydrogen-bond acceptors (Lipinski definition) is 4. The quantitative estimate of drug-likeness (QED) is 0.739. The monoisotopic (exact) mass is 385 g/mol. The van der Waals surface area contributed by atoms with Crippen molar-refractivity contribution >= 4 is 29.0 Å². The van der Waals surface area contributed by atoms with Crippen molar-refractivity contribution in [1.29, 1.82) is 0 Å². The summed E-state index contributed by atoms with van der Waals surface area (Å²) in [5.74, 6) is -0.204. The molecule has 1 aliphatic rings. The average Bonchev–Trinajstić information content (AvgIpc) is 2.82. The fourth-order valence-electron chi connectivity index (χ4n) is 3.31. The third-order valence-electron chi connectivity index (χ3n) is 4.46. The lowest BCUT2D eigenvalue weighted by Gasteiger charge is -2.23. The number of amides is 1. The van der Waals surface area contributed by atoms with E-state index in [1.165, 1.54) is 17.9 Å². The Morgan fingerprint density at radius 2 is 2.07 bits per heavy atom. The molecule has 2 aromatic carbocycles. The molecule has 1 heterocycles. The van der Waals surface area contributed by atoms with E-state index in [1.54, 1.807) is 18.2 Å². The van der Waals surface area contributed by atoms with Crippen LogP contribution in [0.2, 0.25) is 5.02 Å². The first kappa shape index (κ1) is 19.1. The van der Waals surface area contributed by atoms with Gasteiger partial charge in [-0.05, 0) is 31.2 Å². The molecule has 1 N–H and O–H groups in total. The van der Waals surface area contributed by atoms with Crippen LogP contribution in [0.25, 0.3) is 0 Å². The second-order valence-electron chi connectivity index (χ2n) is 6.50. The third-order valence-corrected chi connectivity index (χ3v) is 4.69. The molecule has 0 aliphatic carbocycles. The van der Waals surface area contributed by atoms with Crippen LogP contribution in [0.15, 0.2) is 55.1 Å². The summed E-state index contributed by atoms with van der Waals surface area (Å²) in [5, 5.41) is 11.4. The number of aliphatic hydroxyl groups is 1. The van der Waals surface area contributed by atoms with Gasteiger partial charge in [0.05, 0.1) is 12.2 Å². The van der Waals surface area contributed by atoms with Gasteiger partial charge < -0.3 is 14.7 Å². The first-order chi connectivity index (χ1) is 12.9. The van der Waals surface area contributed by atoms with Crippen LogP contribution in [0.3, 0.4) is 0 Å². The molecule has 0 spiro atoms. The zero-order chi connectivity index (χ0) is 19.6. The largest absolute Gasteiger partial charge is 0.489 e. The summed E-state index contributed by atoms with van der Waals surface area (Å²) in [6.45, 7) is 5.52. The van der Waals surface area contributed by atoms with Crippen molar-refractivity contribution in [3.05, 3.63) is 71.3 Å². The maximum Gasteiger partial charge on any atom is 0.264 e. The molecule has 5 nitrogen and oxygen atoms in total. The van der Waals surface area contributed by atoms with Gasteiger partial charge in [-0.3, -0.25) is 9.59 Å². The number of ether oxygens (including phenoxy) is 1. The molecule has 3 rings (SSSR count). The van der Waals surface area contributed by atoms with E-state index in [9.17, 15) is 14.7 Å². The van der Waals surface area contributed by atoms with Crippen molar-refractivity contribution in [3.63, 3.8) is 0 Å². The van der Waals surface area contributed by atoms with Crippen LogP contribution < -0.4 is 9.64 Å². The fourth-order valence-corrected chi connectivity index (χ4v) is 3.48. The van der Waals surface area contributed by atoms with Crippen LogP contribution in [-0.4, -0.2) is 23.4 Å². The van der Waals surface area contributed by atoms with E-state index < -0.39 is 11.5 Å². The van der Waals surface area contributed by atoms with E-state index in [0.29, 0.717) is 28.6 Å². The number of para-hydroxylation sites is 1. The van der Waals surface area contributed by atoms with E-state index in [1.807, 2.05) is 24.3 Å². The number of halogens is 1. The number of carbonyl (C=O) groups excluding carboxylic acids is 2. The molecular formula is C21H20ClNO4. The average molecular weight is 386 g/mol. The number of ketones is 1. The first-order valence-electron chi connectivity index (χ1n) is 8.52. The SMILES string of the molecule is C=CCOc1ccccc1CN1C(=O)C(O)(CC(C)=O)c2cc(Cl)ccc21. The minimum absolute atomic E-state index is 0.195. The Bertz CT molecular complexity index is 911. The van der Waals surface area contributed by atoms with Gasteiger partial charge in [0.25, 0.3) is 5.91 Å². The van der Waals surface area contributed by atoms with Gasteiger partial charge in [-0.2, -0.15) is 0 Å². The van der Waals surface area contributed by atoms with Crippen molar-refractivity contribution in [2.75, 3.05) is 11.5 Å². The number of rotatable bonds is 7. The third kappa shape index (κ3) is 3.61. The number of fused-ring (bicyclic) bond motifs is 1. The highest BCUT2D eigenvalue weighted by atomic mass is 35.5. The van der Waals surface area contributed by atoms with E-state index in [-0.39, 0.29) is 18.7 Å². The van der Waals surface area contributed by atoms with E-state index in [4.69, 9.17) is 16.3 Å². The number of nitrogens with zero attached hydrogens (tertiary/aromatic N) is 1. The molecule has 140 valence electrons. The van der Waals surface area contributed by atoms with Gasteiger partial charge in [0, 0.05) is 22.6 Å². The highest BCUT2D eigenvalue weighted by Crippen LogP contribution is 2.44. The Morgan fingerprint density at radius 3 is 2.78 bits per heavy atom. The van der Waals surface area contributed by atoms with Crippen LogP contribution in [-0.2, 0) is 21.7 Å². The van der Waals surface area contributed by atoms with Gasteiger partial charge in [-0.15, -0.1) is 0 Å². The number of Topliss-reactive ketones (excluding diaryl/α,β-unsaturated/α-hetero) is 1. The topological polar surface area (TPSA) is 66.8 Å². The minimum Gasteiger partial charge on any atom is -0.489 e. The number of benzene rings is 2. The Kier molecular flexibility index (Phi) is 5.35. The Morgan fingerprint density at radius 1 is 1.33 bits per heavy atom. The second kappa shape index (κ2) is 7.55. The zero-order valence-corrected chi connectivity index (χ0v) is 15.7. The van der Waals surface area contributed by atoms with Gasteiger partial charge in [-0.1, -0.05) is 42.5 Å². The molecule has 0 bridgehead atoms. The van der Waals surface area contributed by atoms with Crippen molar-refractivity contribution in [1.82, 2.24) is 0 Å². The molecule has 1 aliphatic heterocycles. The maximum atomic E-state index is 13.1. The van der Waals surface area contributed by atoms with Crippen LogP contribution in [0.1, 0.15) is 24.5 Å². The van der Waals surface area contributed by atoms with Crippen molar-refractivity contribution in [3.8, 4) is 5.75 Å². The molecule has 6 heteroatoms. The highest BCUT2D eigenvalue weighted by molar-refractivity contribution is 6.31. The molecule has 0 saturated heterocycles. The van der Waals surface area contributed by atoms with Crippen molar-refractivity contribution < 1.29 is 19.4 Å². The fraction of sp³-hybridized carbons (Fsp3) is 0.238. The number of carbonyl (C=O) groups is 2. The van der Waals surface area contributed by atoms with Crippen LogP contribution in [0.5, 0.6) is 5.75 Å². The standard InChI is InChI=1S/C21H20ClNO4/c1-3-10-27-19-7-5-4-6-15(19)13-23-18-9-8-16(22)11-17(18)21(26,20(23)25)12-14(2)24/h3-9,11,26H,1,10,12-13H2,2H3. The van der Waals surface area contributed by atoms with Crippen molar-refractivity contribution in [2.45, 2.75) is 25.5 Å². The molecular weight excluding hydrogens is 366 g/mol. The Labute approximate surface area is 162 Å². The van der Waals surface area contributed by atoms with Gasteiger partial charge in [0.2, 0.25) is 0 Å². The predicted molar refractivity (Wildman–Crippen MR) is 104 cm³/mol. The van der Waals surface area contributed by atoms with Crippen LogP contribution in [0, 0.1) is 0 Å². The minimum atomic E-state index is -1.91. The molecule has 0 saturated carbocycles. The molecule has 2 aromatic rings. The van der Waals surface area contributed by atoms with E-state index in [2.05, 4.69) is 6.58 Å². The summed E-state index contributed by atoms with van der Waals surface area (Å²) in [4.78, 5) is 26.2. The lowest BCUT2D eigenvalue weighted by Crippen LogP contribution is -2.41. The van der Waals surface area contributed by atoms with Gasteiger partial charge in [0.1, 0.15) is 18.1 Å². The summed E-state index contributed by atoms with van der Waals surface area (Å²) in [6.07, 6.45) is 1.34. The van der Waals surface area contributed by atoms with Gasteiger partial charge in [-0.25, -0.2) is 0 Å². The Hall–Kier alpha value is -2.63. The first-order valence-corrected chi connectivity index (χ1v) is 8.90. The summed E-state index contributed by atoms with van der Waals surface area (Å²) in [7, 11) is 0. The van der Waals surface area contributed by atoms with Crippen LogP contribution in [0.4, 0.5) is 5.69 Å². The van der Waals surface area contributed by atoms with Gasteiger partial charge in [0.15, 0.2) is 5.60 Å². The molecule has 1 amide bonds. The lowest BCUT2D eigenvalue weighted by molar-refractivity contribution is -0.141. The maximum absolute atomic E-state index is 13.1. The summed E-state index contributed by atoms with van der Waals surface area (Å²) < 4.78 is 5.66. The summed E-state index contributed by atoms with van der Waals surface area (Å²) in [6, 6.07) is 12.2. The molecule has 0 aromatic heterocycles. The molecule has 27 heavy (non-hydrogen) atoms. The normalized spacial score (nSPS) is 18.3. The van der Waals surface area contributed by atoms with E-state index in [0.717, 1.165) is 5.56 Å². The zero-order valence-electron chi connectivity index (χ0n) is 14.9. The number of anilines is 1. The predicted octanol–water partition coefficient (Wildman–Crippen LogP) is 3.62. The lowest BCUT2D eigenvalue weighted by atomic mass is 9.90. The summed E-state index contributed by atoms with van der Waals surface area (Å²) >= 11 is 6.07. The molecule has 1 unspecified atom stereocenters. The molecule has 0 radical (unpaired) electrons. The van der Waals surface area contributed by atoms with Crippen molar-refractivity contribution in [2.24, 2.45) is 0 Å². The second-order valence-corrected chi connectivity index (χ2v) is 6.94. The highest BCUT2D eigenvalue weighted by Gasteiger charge is 2.50. The summed E-state index contributed by atoms with van der Waals surface area (Å²) in [5.41, 5.74) is -0.254. The van der Waals surface area contributed by atoms with Crippen LogP contribution >= 0.6 is 11.6 Å². The molecule has 1 atom stereocenters.